The third-order valence-electron chi connectivity index (χ3n) is 2.71. The fourth-order valence-electron chi connectivity index (χ4n) is 1.92. The molecule has 0 unspecified atom stereocenters. The molecule has 1 heterocycles. The second-order valence-corrected chi connectivity index (χ2v) is 5.00. The highest BCUT2D eigenvalue weighted by molar-refractivity contribution is 6.34. The molecule has 0 aliphatic carbocycles. The molecule has 17 heavy (non-hydrogen) atoms. The van der Waals surface area contributed by atoms with Crippen molar-refractivity contribution in [1.82, 2.24) is 10.2 Å². The minimum Gasteiger partial charge on any atom is -0.337 e. The topological polar surface area (TPSA) is 32.3 Å². The molecule has 1 amide bonds. The summed E-state index contributed by atoms with van der Waals surface area (Å²) >= 11 is 11.9. The lowest BCUT2D eigenvalue weighted by atomic mass is 10.2. The summed E-state index contributed by atoms with van der Waals surface area (Å²) in [5, 5.41) is 4.30. The smallest absolute Gasteiger partial charge is 0.236 e. The van der Waals surface area contributed by atoms with E-state index < -0.39 is 0 Å². The van der Waals surface area contributed by atoms with Gasteiger partial charge in [0.2, 0.25) is 5.91 Å². The normalized spacial score (nSPS) is 17.1. The third kappa shape index (κ3) is 3.60. The molecular weight excluding hydrogens is 259 g/mol. The number of halogens is 2. The summed E-state index contributed by atoms with van der Waals surface area (Å²) in [6.45, 7) is 2.64. The molecule has 1 aromatic carbocycles. The molecule has 2 rings (SSSR count). The van der Waals surface area contributed by atoms with Crippen LogP contribution in [0.3, 0.4) is 0 Å². The van der Waals surface area contributed by atoms with E-state index in [4.69, 9.17) is 23.2 Å². The molecule has 0 saturated carbocycles. The van der Waals surface area contributed by atoms with Crippen LogP contribution in [-0.2, 0) is 11.3 Å². The Labute approximate surface area is 111 Å². The maximum Gasteiger partial charge on any atom is 0.236 e. The minimum absolute atomic E-state index is 0.124. The monoisotopic (exact) mass is 272 g/mol. The standard InChI is InChI=1S/C12H14Cl2N2O/c13-10-4-9(5-11(14)6-10)8-16-3-1-2-15-7-12(16)17/h4-6,15H,1-3,7-8H2. The van der Waals surface area contributed by atoms with Crippen LogP contribution in [0.25, 0.3) is 0 Å². The molecule has 1 aromatic rings. The fraction of sp³-hybridized carbons (Fsp3) is 0.417. The van der Waals surface area contributed by atoms with Crippen LogP contribution in [0.1, 0.15) is 12.0 Å². The van der Waals surface area contributed by atoms with Crippen molar-refractivity contribution in [3.63, 3.8) is 0 Å². The van der Waals surface area contributed by atoms with Crippen LogP contribution >= 0.6 is 23.2 Å². The number of benzene rings is 1. The first kappa shape index (κ1) is 12.7. The Hall–Kier alpha value is -0.770. The zero-order chi connectivity index (χ0) is 12.3. The second-order valence-electron chi connectivity index (χ2n) is 4.12. The number of nitrogens with zero attached hydrogens (tertiary/aromatic N) is 1. The number of nitrogens with one attached hydrogen (secondary N) is 1. The highest BCUT2D eigenvalue weighted by Crippen LogP contribution is 2.20. The Morgan fingerprint density at radius 1 is 1.24 bits per heavy atom. The van der Waals surface area contributed by atoms with Crippen LogP contribution in [0.2, 0.25) is 10.0 Å². The van der Waals surface area contributed by atoms with Crippen LogP contribution in [-0.4, -0.2) is 30.4 Å². The van der Waals surface area contributed by atoms with E-state index in [1.54, 1.807) is 6.07 Å². The van der Waals surface area contributed by atoms with Crippen molar-refractivity contribution in [2.75, 3.05) is 19.6 Å². The van der Waals surface area contributed by atoms with Gasteiger partial charge in [0.1, 0.15) is 0 Å². The van der Waals surface area contributed by atoms with Crippen LogP contribution in [0.15, 0.2) is 18.2 Å². The number of hydrogen-bond donors (Lipinski definition) is 1. The molecule has 1 fully saturated rings. The van der Waals surface area contributed by atoms with E-state index in [2.05, 4.69) is 5.32 Å². The van der Waals surface area contributed by atoms with Gasteiger partial charge in [-0.3, -0.25) is 4.79 Å². The molecule has 1 aliphatic heterocycles. The summed E-state index contributed by atoms with van der Waals surface area (Å²) in [6, 6.07) is 5.39. The average molecular weight is 273 g/mol. The van der Waals surface area contributed by atoms with Gasteiger partial charge in [0.25, 0.3) is 0 Å². The molecule has 92 valence electrons. The van der Waals surface area contributed by atoms with Crippen molar-refractivity contribution >= 4 is 29.1 Å². The molecule has 0 radical (unpaired) electrons. The summed E-state index contributed by atoms with van der Waals surface area (Å²) in [4.78, 5) is 13.6. The maximum absolute atomic E-state index is 11.8. The highest BCUT2D eigenvalue weighted by atomic mass is 35.5. The molecule has 0 atom stereocenters. The zero-order valence-electron chi connectivity index (χ0n) is 9.38. The zero-order valence-corrected chi connectivity index (χ0v) is 10.9. The van der Waals surface area contributed by atoms with Crippen LogP contribution in [0.5, 0.6) is 0 Å². The lowest BCUT2D eigenvalue weighted by molar-refractivity contribution is -0.130. The predicted octanol–water partition coefficient (Wildman–Crippen LogP) is 2.32. The van der Waals surface area contributed by atoms with Gasteiger partial charge in [-0.15, -0.1) is 0 Å². The SMILES string of the molecule is O=C1CNCCCN1Cc1cc(Cl)cc(Cl)c1. The molecule has 1 aliphatic rings. The Morgan fingerprint density at radius 3 is 2.65 bits per heavy atom. The van der Waals surface area contributed by atoms with Gasteiger partial charge in [0.15, 0.2) is 0 Å². The largest absolute Gasteiger partial charge is 0.337 e. The minimum atomic E-state index is 0.124. The van der Waals surface area contributed by atoms with Crippen molar-refractivity contribution in [1.29, 1.82) is 0 Å². The molecule has 5 heteroatoms. The fourth-order valence-corrected chi connectivity index (χ4v) is 2.49. The molecule has 0 bridgehead atoms. The van der Waals surface area contributed by atoms with Gasteiger partial charge in [0, 0.05) is 23.1 Å². The summed E-state index contributed by atoms with van der Waals surface area (Å²) in [7, 11) is 0. The third-order valence-corrected chi connectivity index (χ3v) is 3.14. The highest BCUT2D eigenvalue weighted by Gasteiger charge is 2.16. The second kappa shape index (κ2) is 5.71. The maximum atomic E-state index is 11.8. The first-order chi connectivity index (χ1) is 8.15. The van der Waals surface area contributed by atoms with Gasteiger partial charge in [-0.1, -0.05) is 23.2 Å². The summed E-state index contributed by atoms with van der Waals surface area (Å²) in [6.07, 6.45) is 0.972. The van der Waals surface area contributed by atoms with Gasteiger partial charge in [-0.25, -0.2) is 0 Å². The number of carbonyl (C=O) groups is 1. The molecular formula is C12H14Cl2N2O. The molecule has 0 spiro atoms. The van der Waals surface area contributed by atoms with E-state index in [1.807, 2.05) is 17.0 Å². The van der Waals surface area contributed by atoms with Gasteiger partial charge >= 0.3 is 0 Å². The molecule has 1 N–H and O–H groups in total. The van der Waals surface area contributed by atoms with Crippen molar-refractivity contribution in [2.45, 2.75) is 13.0 Å². The van der Waals surface area contributed by atoms with Gasteiger partial charge in [0.05, 0.1) is 6.54 Å². The van der Waals surface area contributed by atoms with Gasteiger partial charge in [-0.05, 0) is 36.7 Å². The van der Waals surface area contributed by atoms with Crippen LogP contribution < -0.4 is 5.32 Å². The first-order valence-electron chi connectivity index (χ1n) is 5.58. The average Bonchev–Trinajstić information content (AvgIpc) is 2.43. The Balaban J connectivity index is 2.10. The lowest BCUT2D eigenvalue weighted by Gasteiger charge is -2.20. The molecule has 3 nitrogen and oxygen atoms in total. The quantitative estimate of drug-likeness (QED) is 0.896. The number of rotatable bonds is 2. The van der Waals surface area contributed by atoms with E-state index >= 15 is 0 Å². The number of amides is 1. The first-order valence-corrected chi connectivity index (χ1v) is 6.34. The van der Waals surface area contributed by atoms with Gasteiger partial charge < -0.3 is 10.2 Å². The van der Waals surface area contributed by atoms with Crippen molar-refractivity contribution < 1.29 is 4.79 Å². The number of carbonyl (C=O) groups excluding carboxylic acids is 1. The Kier molecular flexibility index (Phi) is 4.26. The van der Waals surface area contributed by atoms with Crippen LogP contribution in [0, 0.1) is 0 Å². The van der Waals surface area contributed by atoms with Gasteiger partial charge in [-0.2, -0.15) is 0 Å². The van der Waals surface area contributed by atoms with Crippen molar-refractivity contribution in [2.24, 2.45) is 0 Å². The Morgan fingerprint density at radius 2 is 1.94 bits per heavy atom. The summed E-state index contributed by atoms with van der Waals surface area (Å²) in [5.74, 6) is 0.124. The number of hydrogen-bond acceptors (Lipinski definition) is 2. The van der Waals surface area contributed by atoms with Crippen molar-refractivity contribution in [3.8, 4) is 0 Å². The summed E-state index contributed by atoms with van der Waals surface area (Å²) in [5.41, 5.74) is 0.970. The Bertz CT molecular complexity index is 403. The van der Waals surface area contributed by atoms with E-state index in [-0.39, 0.29) is 5.91 Å². The molecule has 0 aromatic heterocycles. The van der Waals surface area contributed by atoms with Crippen molar-refractivity contribution in [3.05, 3.63) is 33.8 Å². The lowest BCUT2D eigenvalue weighted by Crippen LogP contribution is -2.34. The van der Waals surface area contributed by atoms with E-state index in [1.165, 1.54) is 0 Å². The van der Waals surface area contributed by atoms with E-state index in [9.17, 15) is 4.79 Å². The van der Waals surface area contributed by atoms with E-state index in [0.717, 1.165) is 25.1 Å². The van der Waals surface area contributed by atoms with Crippen LogP contribution in [0.4, 0.5) is 0 Å². The summed E-state index contributed by atoms with van der Waals surface area (Å²) < 4.78 is 0. The van der Waals surface area contributed by atoms with E-state index in [0.29, 0.717) is 23.1 Å². The predicted molar refractivity (Wildman–Crippen MR) is 69.4 cm³/mol. The molecule has 1 saturated heterocycles.